The summed E-state index contributed by atoms with van der Waals surface area (Å²) in [5, 5.41) is 7.52. The highest BCUT2D eigenvalue weighted by molar-refractivity contribution is 5.97. The Bertz CT molecular complexity index is 391. The van der Waals surface area contributed by atoms with Crippen molar-refractivity contribution in [2.24, 2.45) is 5.73 Å². The van der Waals surface area contributed by atoms with E-state index in [0.29, 0.717) is 24.5 Å². The van der Waals surface area contributed by atoms with Crippen molar-refractivity contribution >= 4 is 5.84 Å². The standard InChI is InChI=1S/C13H20N2O2/c1-4-16-8-10(3)17-12-6-5-9(2)7-11(12)13(14)15/h5-7,10H,4,8H2,1-3H3,(H3,14,15). The molecule has 4 nitrogen and oxygen atoms in total. The average molecular weight is 236 g/mol. The average Bonchev–Trinajstić information content (AvgIpc) is 2.28. The SMILES string of the molecule is CCOCC(C)Oc1ccc(C)cc1C(=N)N. The summed E-state index contributed by atoms with van der Waals surface area (Å²) < 4.78 is 11.0. The van der Waals surface area contributed by atoms with E-state index in [0.717, 1.165) is 5.56 Å². The number of benzene rings is 1. The van der Waals surface area contributed by atoms with E-state index in [1.165, 1.54) is 0 Å². The molecule has 0 aliphatic rings. The first-order valence-corrected chi connectivity index (χ1v) is 5.74. The van der Waals surface area contributed by atoms with Gasteiger partial charge in [0.1, 0.15) is 17.7 Å². The van der Waals surface area contributed by atoms with Crippen molar-refractivity contribution in [1.82, 2.24) is 0 Å². The first-order valence-electron chi connectivity index (χ1n) is 5.74. The van der Waals surface area contributed by atoms with Gasteiger partial charge in [-0.1, -0.05) is 11.6 Å². The summed E-state index contributed by atoms with van der Waals surface area (Å²) >= 11 is 0. The van der Waals surface area contributed by atoms with E-state index in [1.54, 1.807) is 0 Å². The van der Waals surface area contributed by atoms with Gasteiger partial charge in [0.25, 0.3) is 0 Å². The molecule has 0 aliphatic carbocycles. The second kappa shape index (κ2) is 6.25. The van der Waals surface area contributed by atoms with Gasteiger partial charge >= 0.3 is 0 Å². The van der Waals surface area contributed by atoms with Crippen LogP contribution in [0.5, 0.6) is 5.75 Å². The minimum Gasteiger partial charge on any atom is -0.488 e. The Kier molecular flexibility index (Phi) is 4.97. The lowest BCUT2D eigenvalue weighted by Crippen LogP contribution is -2.21. The number of aryl methyl sites for hydroxylation is 1. The smallest absolute Gasteiger partial charge is 0.130 e. The molecule has 0 aromatic heterocycles. The lowest BCUT2D eigenvalue weighted by Gasteiger charge is -2.17. The van der Waals surface area contributed by atoms with Gasteiger partial charge in [0.15, 0.2) is 0 Å². The molecule has 1 aromatic rings. The number of nitrogens with one attached hydrogen (secondary N) is 1. The zero-order valence-corrected chi connectivity index (χ0v) is 10.6. The predicted octanol–water partition coefficient (Wildman–Crippen LogP) is 2.08. The van der Waals surface area contributed by atoms with Crippen molar-refractivity contribution in [1.29, 1.82) is 5.41 Å². The topological polar surface area (TPSA) is 68.3 Å². The largest absolute Gasteiger partial charge is 0.488 e. The molecule has 1 rings (SSSR count). The third-order valence-electron chi connectivity index (χ3n) is 2.31. The quantitative estimate of drug-likeness (QED) is 0.587. The number of hydrogen-bond acceptors (Lipinski definition) is 3. The molecule has 0 aliphatic heterocycles. The molecule has 17 heavy (non-hydrogen) atoms. The second-order valence-corrected chi connectivity index (χ2v) is 4.00. The Hall–Kier alpha value is -1.55. The van der Waals surface area contributed by atoms with E-state index in [9.17, 15) is 0 Å². The first-order chi connectivity index (χ1) is 8.04. The molecule has 94 valence electrons. The summed E-state index contributed by atoms with van der Waals surface area (Å²) in [6.07, 6.45) is -0.0595. The van der Waals surface area contributed by atoms with Gasteiger partial charge in [-0.2, -0.15) is 0 Å². The molecule has 1 aromatic carbocycles. The van der Waals surface area contributed by atoms with Crippen LogP contribution in [0.3, 0.4) is 0 Å². The van der Waals surface area contributed by atoms with Crippen molar-refractivity contribution in [2.75, 3.05) is 13.2 Å². The van der Waals surface area contributed by atoms with Crippen molar-refractivity contribution < 1.29 is 9.47 Å². The van der Waals surface area contributed by atoms with Crippen LogP contribution in [0.15, 0.2) is 18.2 Å². The van der Waals surface area contributed by atoms with Gasteiger partial charge in [-0.05, 0) is 32.9 Å². The Balaban J connectivity index is 2.79. The van der Waals surface area contributed by atoms with Gasteiger partial charge in [-0.25, -0.2) is 0 Å². The van der Waals surface area contributed by atoms with Gasteiger partial charge < -0.3 is 15.2 Å². The van der Waals surface area contributed by atoms with E-state index >= 15 is 0 Å². The predicted molar refractivity (Wildman–Crippen MR) is 68.8 cm³/mol. The van der Waals surface area contributed by atoms with Gasteiger partial charge in [0.2, 0.25) is 0 Å². The number of rotatable bonds is 6. The van der Waals surface area contributed by atoms with Gasteiger partial charge in [0, 0.05) is 6.61 Å². The van der Waals surface area contributed by atoms with E-state index in [4.69, 9.17) is 20.6 Å². The molecule has 1 unspecified atom stereocenters. The van der Waals surface area contributed by atoms with Gasteiger partial charge in [0.05, 0.1) is 12.2 Å². The van der Waals surface area contributed by atoms with Gasteiger partial charge in [-0.3, -0.25) is 5.41 Å². The van der Waals surface area contributed by atoms with Crippen LogP contribution >= 0.6 is 0 Å². The van der Waals surface area contributed by atoms with Crippen LogP contribution in [0.2, 0.25) is 0 Å². The summed E-state index contributed by atoms with van der Waals surface area (Å²) in [4.78, 5) is 0. The number of amidine groups is 1. The first kappa shape index (κ1) is 13.5. The Labute approximate surface area is 102 Å². The number of hydrogen-bond donors (Lipinski definition) is 2. The molecular formula is C13H20N2O2. The van der Waals surface area contributed by atoms with Crippen molar-refractivity contribution in [2.45, 2.75) is 26.9 Å². The highest BCUT2D eigenvalue weighted by Gasteiger charge is 2.10. The minimum absolute atomic E-state index is 0.0207. The molecule has 0 saturated carbocycles. The van der Waals surface area contributed by atoms with E-state index in [-0.39, 0.29) is 11.9 Å². The molecule has 0 radical (unpaired) electrons. The van der Waals surface area contributed by atoms with Crippen LogP contribution in [-0.4, -0.2) is 25.2 Å². The highest BCUT2D eigenvalue weighted by Crippen LogP contribution is 2.20. The zero-order chi connectivity index (χ0) is 12.8. The fourth-order valence-electron chi connectivity index (χ4n) is 1.49. The third kappa shape index (κ3) is 4.07. The summed E-state index contributed by atoms with van der Waals surface area (Å²) in [6.45, 7) is 7.03. The molecule has 0 heterocycles. The van der Waals surface area contributed by atoms with Crippen LogP contribution in [0, 0.1) is 12.3 Å². The molecule has 0 amide bonds. The highest BCUT2D eigenvalue weighted by atomic mass is 16.5. The third-order valence-corrected chi connectivity index (χ3v) is 2.31. The second-order valence-electron chi connectivity index (χ2n) is 4.00. The Morgan fingerprint density at radius 1 is 1.47 bits per heavy atom. The van der Waals surface area contributed by atoms with Crippen molar-refractivity contribution in [3.63, 3.8) is 0 Å². The van der Waals surface area contributed by atoms with Crippen LogP contribution in [0.25, 0.3) is 0 Å². The maximum Gasteiger partial charge on any atom is 0.130 e. The molecule has 1 atom stereocenters. The summed E-state index contributed by atoms with van der Waals surface area (Å²) in [5.74, 6) is 0.655. The Morgan fingerprint density at radius 2 is 2.18 bits per heavy atom. The zero-order valence-electron chi connectivity index (χ0n) is 10.6. The molecule has 3 N–H and O–H groups in total. The molecule has 0 bridgehead atoms. The molecule has 0 saturated heterocycles. The number of ether oxygens (including phenoxy) is 2. The summed E-state index contributed by atoms with van der Waals surface area (Å²) in [6, 6.07) is 5.63. The summed E-state index contributed by atoms with van der Waals surface area (Å²) in [5.41, 5.74) is 7.22. The fourth-order valence-corrected chi connectivity index (χ4v) is 1.49. The fraction of sp³-hybridized carbons (Fsp3) is 0.462. The van der Waals surface area contributed by atoms with Crippen LogP contribution < -0.4 is 10.5 Å². The molecule has 0 spiro atoms. The molecule has 4 heteroatoms. The van der Waals surface area contributed by atoms with Crippen molar-refractivity contribution in [3.8, 4) is 5.75 Å². The van der Waals surface area contributed by atoms with Crippen LogP contribution in [0.1, 0.15) is 25.0 Å². The number of nitrogens with two attached hydrogens (primary N) is 1. The molecule has 0 fully saturated rings. The lowest BCUT2D eigenvalue weighted by molar-refractivity contribution is 0.0656. The van der Waals surface area contributed by atoms with E-state index in [2.05, 4.69) is 0 Å². The van der Waals surface area contributed by atoms with E-state index < -0.39 is 0 Å². The maximum absolute atomic E-state index is 7.52. The summed E-state index contributed by atoms with van der Waals surface area (Å²) in [7, 11) is 0. The normalized spacial score (nSPS) is 12.2. The van der Waals surface area contributed by atoms with Crippen LogP contribution in [-0.2, 0) is 4.74 Å². The van der Waals surface area contributed by atoms with Crippen LogP contribution in [0.4, 0.5) is 0 Å². The molecular weight excluding hydrogens is 216 g/mol. The number of nitrogen functional groups attached to an aromatic ring is 1. The van der Waals surface area contributed by atoms with E-state index in [1.807, 2.05) is 39.0 Å². The lowest BCUT2D eigenvalue weighted by atomic mass is 10.1. The monoisotopic (exact) mass is 236 g/mol. The van der Waals surface area contributed by atoms with Crippen molar-refractivity contribution in [3.05, 3.63) is 29.3 Å². The maximum atomic E-state index is 7.52. The van der Waals surface area contributed by atoms with Gasteiger partial charge in [-0.15, -0.1) is 0 Å². The Morgan fingerprint density at radius 3 is 2.76 bits per heavy atom. The minimum atomic E-state index is -0.0595.